The molecule has 24 heavy (non-hydrogen) atoms. The average Bonchev–Trinajstić information content (AvgIpc) is 2.59. The highest BCUT2D eigenvalue weighted by Crippen LogP contribution is 2.35. The van der Waals surface area contributed by atoms with E-state index >= 15 is 0 Å². The van der Waals surface area contributed by atoms with Crippen LogP contribution in [0.1, 0.15) is 22.3 Å². The fourth-order valence-corrected chi connectivity index (χ4v) is 2.63. The van der Waals surface area contributed by atoms with Crippen molar-refractivity contribution in [3.63, 3.8) is 0 Å². The van der Waals surface area contributed by atoms with Gasteiger partial charge in [-0.1, -0.05) is 0 Å². The molecule has 0 aliphatic rings. The van der Waals surface area contributed by atoms with E-state index in [4.69, 9.17) is 9.47 Å². The SMILES string of the molecule is COCc1cc(-c2cc(CO)c(O)c(CO)c2)cc(COC)c1O. The van der Waals surface area contributed by atoms with E-state index in [0.717, 1.165) is 5.56 Å². The lowest BCUT2D eigenvalue weighted by molar-refractivity contribution is 0.174. The first-order valence-corrected chi connectivity index (χ1v) is 7.45. The second-order valence-electron chi connectivity index (χ2n) is 5.47. The number of benzene rings is 2. The van der Waals surface area contributed by atoms with Gasteiger partial charge in [0.05, 0.1) is 26.4 Å². The zero-order chi connectivity index (χ0) is 17.7. The molecule has 0 unspecified atom stereocenters. The summed E-state index contributed by atoms with van der Waals surface area (Å²) in [6, 6.07) is 6.83. The monoisotopic (exact) mass is 334 g/mol. The van der Waals surface area contributed by atoms with Crippen LogP contribution in [0.2, 0.25) is 0 Å². The Bertz CT molecular complexity index is 659. The van der Waals surface area contributed by atoms with E-state index in [-0.39, 0.29) is 37.9 Å². The highest BCUT2D eigenvalue weighted by molar-refractivity contribution is 5.70. The van der Waals surface area contributed by atoms with Gasteiger partial charge in [-0.25, -0.2) is 0 Å². The summed E-state index contributed by atoms with van der Waals surface area (Å²) < 4.78 is 10.2. The lowest BCUT2D eigenvalue weighted by Gasteiger charge is -2.15. The molecular weight excluding hydrogens is 312 g/mol. The van der Waals surface area contributed by atoms with Crippen molar-refractivity contribution in [3.05, 3.63) is 46.5 Å². The number of ether oxygens (including phenoxy) is 2. The van der Waals surface area contributed by atoms with Crippen LogP contribution >= 0.6 is 0 Å². The minimum absolute atomic E-state index is 0.114. The van der Waals surface area contributed by atoms with Gasteiger partial charge in [-0.2, -0.15) is 0 Å². The van der Waals surface area contributed by atoms with Gasteiger partial charge in [-0.3, -0.25) is 0 Å². The van der Waals surface area contributed by atoms with Gasteiger partial charge in [-0.05, 0) is 35.4 Å². The zero-order valence-corrected chi connectivity index (χ0v) is 13.7. The van der Waals surface area contributed by atoms with Gasteiger partial charge in [0.2, 0.25) is 0 Å². The second-order valence-corrected chi connectivity index (χ2v) is 5.47. The van der Waals surface area contributed by atoms with Crippen molar-refractivity contribution in [2.75, 3.05) is 14.2 Å². The Kier molecular flexibility index (Phi) is 6.16. The van der Waals surface area contributed by atoms with E-state index in [1.807, 2.05) is 0 Å². The standard InChI is InChI=1S/C18H22O6/c1-23-9-15-5-12(6-16(10-24-2)18(15)22)11-3-13(7-19)17(21)14(4-11)8-20/h3-6,19-22H,7-10H2,1-2H3. The lowest BCUT2D eigenvalue weighted by Crippen LogP contribution is -1.98. The van der Waals surface area contributed by atoms with Crippen LogP contribution in [0.15, 0.2) is 24.3 Å². The van der Waals surface area contributed by atoms with Crippen molar-refractivity contribution in [2.45, 2.75) is 26.4 Å². The van der Waals surface area contributed by atoms with Crippen molar-refractivity contribution in [2.24, 2.45) is 0 Å². The van der Waals surface area contributed by atoms with Gasteiger partial charge in [0.25, 0.3) is 0 Å². The van der Waals surface area contributed by atoms with E-state index in [2.05, 4.69) is 0 Å². The molecular formula is C18H22O6. The summed E-state index contributed by atoms with van der Waals surface area (Å²) in [6.07, 6.45) is 0. The van der Waals surface area contributed by atoms with Gasteiger partial charge in [0.15, 0.2) is 0 Å². The minimum Gasteiger partial charge on any atom is -0.507 e. The number of methoxy groups -OCH3 is 2. The summed E-state index contributed by atoms with van der Waals surface area (Å²) >= 11 is 0. The van der Waals surface area contributed by atoms with Crippen molar-refractivity contribution < 1.29 is 29.9 Å². The fourth-order valence-electron chi connectivity index (χ4n) is 2.63. The second kappa shape index (κ2) is 8.12. The van der Waals surface area contributed by atoms with Gasteiger partial charge < -0.3 is 29.9 Å². The first-order chi connectivity index (χ1) is 11.5. The molecule has 0 bridgehead atoms. The molecule has 0 saturated heterocycles. The molecule has 0 aromatic heterocycles. The van der Waals surface area contributed by atoms with Gasteiger partial charge in [-0.15, -0.1) is 0 Å². The van der Waals surface area contributed by atoms with Crippen LogP contribution in [0.5, 0.6) is 11.5 Å². The number of aromatic hydroxyl groups is 2. The topological polar surface area (TPSA) is 99.4 Å². The Morgan fingerprint density at radius 2 is 1.00 bits per heavy atom. The Hall–Kier alpha value is -2.12. The third-order valence-corrected chi connectivity index (χ3v) is 3.81. The molecule has 2 aromatic rings. The Labute approximate surface area is 140 Å². The molecule has 2 rings (SSSR count). The molecule has 130 valence electrons. The molecule has 2 aromatic carbocycles. The third-order valence-electron chi connectivity index (χ3n) is 3.81. The maximum Gasteiger partial charge on any atom is 0.126 e. The number of hydrogen-bond donors (Lipinski definition) is 4. The molecule has 4 N–H and O–H groups in total. The fraction of sp³-hybridized carbons (Fsp3) is 0.333. The van der Waals surface area contributed by atoms with Crippen LogP contribution < -0.4 is 0 Å². The normalized spacial score (nSPS) is 11.0. The van der Waals surface area contributed by atoms with Gasteiger partial charge >= 0.3 is 0 Å². The summed E-state index contributed by atoms with van der Waals surface area (Å²) in [5.41, 5.74) is 3.32. The molecule has 6 heteroatoms. The summed E-state index contributed by atoms with van der Waals surface area (Å²) in [4.78, 5) is 0. The summed E-state index contributed by atoms with van der Waals surface area (Å²) in [6.45, 7) is -0.233. The van der Waals surface area contributed by atoms with Crippen molar-refractivity contribution in [3.8, 4) is 22.6 Å². The highest BCUT2D eigenvalue weighted by Gasteiger charge is 2.14. The maximum absolute atomic E-state index is 10.3. The molecule has 0 saturated carbocycles. The Balaban J connectivity index is 2.62. The molecule has 0 heterocycles. The van der Waals surface area contributed by atoms with Gasteiger partial charge in [0, 0.05) is 36.5 Å². The van der Waals surface area contributed by atoms with Crippen LogP contribution in [-0.2, 0) is 35.9 Å². The quantitative estimate of drug-likeness (QED) is 0.618. The third kappa shape index (κ3) is 3.68. The van der Waals surface area contributed by atoms with Gasteiger partial charge in [0.1, 0.15) is 11.5 Å². The number of aliphatic hydroxyl groups is 2. The largest absolute Gasteiger partial charge is 0.507 e. The smallest absolute Gasteiger partial charge is 0.126 e. The molecule has 0 spiro atoms. The molecule has 0 aliphatic heterocycles. The molecule has 0 fully saturated rings. The lowest BCUT2D eigenvalue weighted by atomic mass is 9.95. The van der Waals surface area contributed by atoms with Crippen molar-refractivity contribution in [1.82, 2.24) is 0 Å². The van der Waals surface area contributed by atoms with E-state index in [1.165, 1.54) is 14.2 Å². The average molecular weight is 334 g/mol. The number of phenolic OH excluding ortho intramolecular Hbond substituents is 1. The van der Waals surface area contributed by atoms with E-state index in [9.17, 15) is 20.4 Å². The molecule has 6 nitrogen and oxygen atoms in total. The summed E-state index contributed by atoms with van der Waals surface area (Å²) in [7, 11) is 3.08. The Morgan fingerprint density at radius 1 is 0.667 bits per heavy atom. The highest BCUT2D eigenvalue weighted by atomic mass is 16.5. The van der Waals surface area contributed by atoms with Crippen LogP contribution in [0.4, 0.5) is 0 Å². The molecule has 0 radical (unpaired) electrons. The number of hydrogen-bond acceptors (Lipinski definition) is 6. The summed E-state index contributed by atoms with van der Waals surface area (Å²) in [5.74, 6) is 0.00255. The van der Waals surface area contributed by atoms with Crippen LogP contribution in [0, 0.1) is 0 Å². The van der Waals surface area contributed by atoms with Crippen molar-refractivity contribution >= 4 is 0 Å². The van der Waals surface area contributed by atoms with Crippen LogP contribution in [0.25, 0.3) is 11.1 Å². The Morgan fingerprint density at radius 3 is 1.33 bits per heavy atom. The first kappa shape index (κ1) is 18.2. The molecule has 0 aliphatic carbocycles. The number of aliphatic hydroxyl groups excluding tert-OH is 2. The maximum atomic E-state index is 10.3. The van der Waals surface area contributed by atoms with E-state index in [1.54, 1.807) is 24.3 Å². The molecule has 0 amide bonds. The van der Waals surface area contributed by atoms with Crippen LogP contribution in [-0.4, -0.2) is 34.6 Å². The first-order valence-electron chi connectivity index (χ1n) is 7.45. The predicted octanol–water partition coefficient (Wildman–Crippen LogP) is 2.04. The van der Waals surface area contributed by atoms with E-state index in [0.29, 0.717) is 27.8 Å². The minimum atomic E-state index is -0.347. The van der Waals surface area contributed by atoms with Crippen molar-refractivity contribution in [1.29, 1.82) is 0 Å². The van der Waals surface area contributed by atoms with E-state index < -0.39 is 0 Å². The number of phenols is 2. The zero-order valence-electron chi connectivity index (χ0n) is 13.7. The van der Waals surface area contributed by atoms with Crippen LogP contribution in [0.3, 0.4) is 0 Å². The predicted molar refractivity (Wildman–Crippen MR) is 88.5 cm³/mol. The molecule has 0 atom stereocenters. The summed E-state index contributed by atoms with van der Waals surface area (Å²) in [5, 5.41) is 39.1. The number of rotatable bonds is 7.